The van der Waals surface area contributed by atoms with E-state index >= 15 is 0 Å². The van der Waals surface area contributed by atoms with Gasteiger partial charge in [0.2, 0.25) is 0 Å². The molecule has 2 aromatic rings. The molecule has 0 radical (unpaired) electrons. The van der Waals surface area contributed by atoms with Crippen molar-refractivity contribution in [1.82, 2.24) is 9.80 Å². The minimum atomic E-state index is -0.479. The zero-order chi connectivity index (χ0) is 20.1. The van der Waals surface area contributed by atoms with E-state index in [1.54, 1.807) is 12.1 Å². The molecule has 3 rings (SSSR count). The van der Waals surface area contributed by atoms with Crippen LogP contribution in [0.1, 0.15) is 48.9 Å². The summed E-state index contributed by atoms with van der Waals surface area (Å²) in [7, 11) is 4.18. The van der Waals surface area contributed by atoms with E-state index in [4.69, 9.17) is 4.74 Å². The van der Waals surface area contributed by atoms with Crippen LogP contribution in [0.4, 0.5) is 4.39 Å². The minimum absolute atomic E-state index is 0.208. The van der Waals surface area contributed by atoms with Crippen molar-refractivity contribution >= 4 is 0 Å². The third-order valence-corrected chi connectivity index (χ3v) is 5.82. The standard InChI is InChI=1S/C24H33FN2O/c1-5-27(6-2)17-19-8-13-23-20(16-19)18-28-24(23,14-7-15-26(3)4)21-9-11-22(25)12-10-21/h8-13,16H,5-7,14-15,17-18H2,1-4H3. The third kappa shape index (κ3) is 4.45. The molecule has 2 aromatic carbocycles. The van der Waals surface area contributed by atoms with Crippen molar-refractivity contribution in [2.24, 2.45) is 0 Å². The molecule has 0 bridgehead atoms. The maximum atomic E-state index is 13.5. The van der Waals surface area contributed by atoms with Crippen LogP contribution >= 0.6 is 0 Å². The topological polar surface area (TPSA) is 15.7 Å². The monoisotopic (exact) mass is 384 g/mol. The fourth-order valence-corrected chi connectivity index (χ4v) is 4.20. The highest BCUT2D eigenvalue weighted by molar-refractivity contribution is 5.45. The van der Waals surface area contributed by atoms with Crippen LogP contribution in [-0.2, 0) is 23.5 Å². The lowest BCUT2D eigenvalue weighted by atomic mass is 9.81. The molecule has 0 amide bonds. The van der Waals surface area contributed by atoms with Crippen LogP contribution in [0.2, 0.25) is 0 Å². The molecule has 152 valence electrons. The molecule has 0 spiro atoms. The molecule has 1 atom stereocenters. The van der Waals surface area contributed by atoms with Crippen LogP contribution in [0, 0.1) is 5.82 Å². The molecule has 0 saturated heterocycles. The summed E-state index contributed by atoms with van der Waals surface area (Å²) >= 11 is 0. The lowest BCUT2D eigenvalue weighted by Crippen LogP contribution is -2.28. The summed E-state index contributed by atoms with van der Waals surface area (Å²) in [5, 5.41) is 0. The van der Waals surface area contributed by atoms with Crippen LogP contribution in [-0.4, -0.2) is 43.5 Å². The number of fused-ring (bicyclic) bond motifs is 1. The van der Waals surface area contributed by atoms with Crippen molar-refractivity contribution in [1.29, 1.82) is 0 Å². The lowest BCUT2D eigenvalue weighted by Gasteiger charge is -2.31. The number of halogens is 1. The van der Waals surface area contributed by atoms with Gasteiger partial charge in [0.1, 0.15) is 11.4 Å². The van der Waals surface area contributed by atoms with Gasteiger partial charge in [-0.25, -0.2) is 4.39 Å². The predicted octanol–water partition coefficient (Wildman–Crippen LogP) is 4.78. The molecule has 1 aliphatic rings. The normalized spacial score (nSPS) is 18.8. The molecule has 28 heavy (non-hydrogen) atoms. The second kappa shape index (κ2) is 9.17. The van der Waals surface area contributed by atoms with Gasteiger partial charge in [0.15, 0.2) is 0 Å². The average Bonchev–Trinajstić information content (AvgIpc) is 3.05. The highest BCUT2D eigenvalue weighted by Gasteiger charge is 2.41. The van der Waals surface area contributed by atoms with Crippen molar-refractivity contribution in [3.63, 3.8) is 0 Å². The quantitative estimate of drug-likeness (QED) is 0.619. The van der Waals surface area contributed by atoms with Crippen LogP contribution < -0.4 is 0 Å². The number of ether oxygens (including phenoxy) is 1. The molecule has 1 unspecified atom stereocenters. The van der Waals surface area contributed by atoms with Crippen molar-refractivity contribution in [3.05, 3.63) is 70.5 Å². The Kier molecular flexibility index (Phi) is 6.86. The van der Waals surface area contributed by atoms with Crippen LogP contribution in [0.15, 0.2) is 42.5 Å². The second-order valence-electron chi connectivity index (χ2n) is 7.98. The summed E-state index contributed by atoms with van der Waals surface area (Å²) in [6, 6.07) is 13.6. The van der Waals surface area contributed by atoms with E-state index in [1.165, 1.54) is 16.7 Å². The fourth-order valence-electron chi connectivity index (χ4n) is 4.20. The maximum Gasteiger partial charge on any atom is 0.123 e. The average molecular weight is 385 g/mol. The highest BCUT2D eigenvalue weighted by atomic mass is 19.1. The largest absolute Gasteiger partial charge is 0.361 e. The first-order valence-electron chi connectivity index (χ1n) is 10.4. The van der Waals surface area contributed by atoms with Gasteiger partial charge in [0.25, 0.3) is 0 Å². The predicted molar refractivity (Wildman–Crippen MR) is 113 cm³/mol. The van der Waals surface area contributed by atoms with E-state index in [1.807, 2.05) is 12.1 Å². The van der Waals surface area contributed by atoms with E-state index in [-0.39, 0.29) is 5.82 Å². The number of benzene rings is 2. The smallest absolute Gasteiger partial charge is 0.123 e. The molecule has 1 aliphatic heterocycles. The molecule has 0 aromatic heterocycles. The Morgan fingerprint density at radius 1 is 1.04 bits per heavy atom. The van der Waals surface area contributed by atoms with Gasteiger partial charge in [-0.3, -0.25) is 4.90 Å². The molecule has 0 N–H and O–H groups in total. The Morgan fingerprint density at radius 2 is 1.75 bits per heavy atom. The number of rotatable bonds is 9. The van der Waals surface area contributed by atoms with Gasteiger partial charge in [-0.05, 0) is 81.0 Å². The first-order valence-corrected chi connectivity index (χ1v) is 10.4. The molecular formula is C24H33FN2O. The van der Waals surface area contributed by atoms with Gasteiger partial charge in [-0.1, -0.05) is 44.2 Å². The molecule has 0 saturated carbocycles. The van der Waals surface area contributed by atoms with E-state index in [9.17, 15) is 4.39 Å². The van der Waals surface area contributed by atoms with Gasteiger partial charge >= 0.3 is 0 Å². The molecule has 0 fully saturated rings. The van der Waals surface area contributed by atoms with E-state index in [0.29, 0.717) is 6.61 Å². The Balaban J connectivity index is 1.93. The third-order valence-electron chi connectivity index (χ3n) is 5.82. The molecule has 1 heterocycles. The molecule has 3 nitrogen and oxygen atoms in total. The first-order chi connectivity index (χ1) is 13.5. The van der Waals surface area contributed by atoms with Crippen molar-refractivity contribution in [3.8, 4) is 0 Å². The molecule has 4 heteroatoms. The molecule has 0 aliphatic carbocycles. The zero-order valence-corrected chi connectivity index (χ0v) is 17.7. The second-order valence-corrected chi connectivity index (χ2v) is 7.98. The van der Waals surface area contributed by atoms with Gasteiger partial charge in [-0.15, -0.1) is 0 Å². The fraction of sp³-hybridized carbons (Fsp3) is 0.500. The Bertz CT molecular complexity index is 771. The number of nitrogens with zero attached hydrogens (tertiary/aromatic N) is 2. The Morgan fingerprint density at radius 3 is 2.39 bits per heavy atom. The van der Waals surface area contributed by atoms with Crippen molar-refractivity contribution < 1.29 is 9.13 Å². The van der Waals surface area contributed by atoms with E-state index in [2.05, 4.69) is 55.9 Å². The van der Waals surface area contributed by atoms with Crippen LogP contribution in [0.25, 0.3) is 0 Å². The maximum absolute atomic E-state index is 13.5. The summed E-state index contributed by atoms with van der Waals surface area (Å²) in [6.07, 6.45) is 1.91. The van der Waals surface area contributed by atoms with Gasteiger partial charge in [0, 0.05) is 6.54 Å². The van der Waals surface area contributed by atoms with Crippen molar-refractivity contribution in [2.75, 3.05) is 33.7 Å². The summed E-state index contributed by atoms with van der Waals surface area (Å²) in [5.41, 5.74) is 4.39. The SMILES string of the molecule is CCN(CC)Cc1ccc2c(c1)COC2(CCCN(C)C)c1ccc(F)cc1. The van der Waals surface area contributed by atoms with Crippen LogP contribution in [0.5, 0.6) is 0 Å². The number of hydrogen-bond acceptors (Lipinski definition) is 3. The van der Waals surface area contributed by atoms with Crippen LogP contribution in [0.3, 0.4) is 0 Å². The van der Waals surface area contributed by atoms with Crippen molar-refractivity contribution in [2.45, 2.75) is 45.4 Å². The highest BCUT2D eigenvalue weighted by Crippen LogP contribution is 2.45. The number of hydrogen-bond donors (Lipinski definition) is 0. The van der Waals surface area contributed by atoms with Gasteiger partial charge < -0.3 is 9.64 Å². The molecular weight excluding hydrogens is 351 g/mol. The summed E-state index contributed by atoms with van der Waals surface area (Å²) in [6.45, 7) is 9.07. The van der Waals surface area contributed by atoms with Gasteiger partial charge in [0.05, 0.1) is 6.61 Å². The Hall–Kier alpha value is -1.75. The summed E-state index contributed by atoms with van der Waals surface area (Å²) in [5.74, 6) is -0.208. The zero-order valence-electron chi connectivity index (χ0n) is 17.7. The van der Waals surface area contributed by atoms with E-state index < -0.39 is 5.60 Å². The summed E-state index contributed by atoms with van der Waals surface area (Å²) in [4.78, 5) is 4.61. The minimum Gasteiger partial charge on any atom is -0.361 e. The van der Waals surface area contributed by atoms with Gasteiger partial charge in [-0.2, -0.15) is 0 Å². The first kappa shape index (κ1) is 21.0. The summed E-state index contributed by atoms with van der Waals surface area (Å²) < 4.78 is 20.0. The lowest BCUT2D eigenvalue weighted by molar-refractivity contribution is -0.0140. The Labute approximate surface area is 169 Å². The van der Waals surface area contributed by atoms with E-state index in [0.717, 1.165) is 44.6 Å².